The highest BCUT2D eigenvalue weighted by molar-refractivity contribution is 7.80. The summed E-state index contributed by atoms with van der Waals surface area (Å²) in [6.45, 7) is 1.08. The third kappa shape index (κ3) is 2.78. The van der Waals surface area contributed by atoms with Crippen molar-refractivity contribution in [3.05, 3.63) is 30.3 Å². The van der Waals surface area contributed by atoms with E-state index in [0.717, 1.165) is 18.7 Å². The van der Waals surface area contributed by atoms with Gasteiger partial charge in [0.2, 0.25) is 0 Å². The van der Waals surface area contributed by atoms with Gasteiger partial charge in [0, 0.05) is 19.3 Å². The number of thiol groups is 1. The van der Waals surface area contributed by atoms with Gasteiger partial charge in [-0.3, -0.25) is 0 Å². The van der Waals surface area contributed by atoms with Crippen LogP contribution >= 0.6 is 12.6 Å². The minimum Gasteiger partial charge on any atom is -0.375 e. The van der Waals surface area contributed by atoms with Crippen molar-refractivity contribution < 1.29 is 0 Å². The standard InChI is InChI=1S/C10H15NS/c1-11(8-5-9-12)10-6-3-2-4-7-10/h2-4,6-7,12H,5,8-9H2,1H3. The number of nitrogens with zero attached hydrogens (tertiary/aromatic N) is 1. The van der Waals surface area contributed by atoms with Crippen molar-refractivity contribution in [1.82, 2.24) is 0 Å². The number of para-hydroxylation sites is 1. The fourth-order valence-corrected chi connectivity index (χ4v) is 1.26. The molecule has 0 heterocycles. The highest BCUT2D eigenvalue weighted by Gasteiger charge is 1.96. The van der Waals surface area contributed by atoms with Crippen molar-refractivity contribution in [3.8, 4) is 0 Å². The average molecular weight is 181 g/mol. The van der Waals surface area contributed by atoms with Crippen LogP contribution in [0.5, 0.6) is 0 Å². The Balaban J connectivity index is 2.48. The zero-order chi connectivity index (χ0) is 8.81. The molecule has 0 saturated heterocycles. The summed E-state index contributed by atoms with van der Waals surface area (Å²) in [5, 5.41) is 0. The maximum absolute atomic E-state index is 4.18. The summed E-state index contributed by atoms with van der Waals surface area (Å²) in [7, 11) is 2.11. The molecule has 1 nitrogen and oxygen atoms in total. The van der Waals surface area contributed by atoms with E-state index in [1.807, 2.05) is 6.07 Å². The van der Waals surface area contributed by atoms with Crippen molar-refractivity contribution in [1.29, 1.82) is 0 Å². The first-order valence-corrected chi connectivity index (χ1v) is 4.85. The SMILES string of the molecule is CN(CCCS)c1ccccc1. The van der Waals surface area contributed by atoms with E-state index in [2.05, 4.69) is 48.8 Å². The van der Waals surface area contributed by atoms with Crippen LogP contribution in [0.1, 0.15) is 6.42 Å². The Kier molecular flexibility index (Phi) is 4.01. The number of hydrogen-bond acceptors (Lipinski definition) is 2. The Morgan fingerprint density at radius 1 is 1.25 bits per heavy atom. The molecule has 1 rings (SSSR count). The summed E-state index contributed by atoms with van der Waals surface area (Å²) in [4.78, 5) is 2.25. The summed E-state index contributed by atoms with van der Waals surface area (Å²) >= 11 is 4.18. The smallest absolute Gasteiger partial charge is 0.0363 e. The molecule has 12 heavy (non-hydrogen) atoms. The highest BCUT2D eigenvalue weighted by atomic mass is 32.1. The molecule has 0 unspecified atom stereocenters. The lowest BCUT2D eigenvalue weighted by atomic mass is 10.3. The Bertz CT molecular complexity index is 210. The van der Waals surface area contributed by atoms with Crippen LogP contribution in [-0.4, -0.2) is 19.3 Å². The molecule has 2 heteroatoms. The minimum absolute atomic E-state index is 0.956. The largest absolute Gasteiger partial charge is 0.375 e. The predicted molar refractivity (Wildman–Crippen MR) is 58.2 cm³/mol. The van der Waals surface area contributed by atoms with Gasteiger partial charge in [-0.05, 0) is 24.3 Å². The highest BCUT2D eigenvalue weighted by Crippen LogP contribution is 2.10. The maximum atomic E-state index is 4.18. The zero-order valence-electron chi connectivity index (χ0n) is 7.40. The summed E-state index contributed by atoms with van der Waals surface area (Å²) in [6.07, 6.45) is 1.13. The fourth-order valence-electron chi connectivity index (χ4n) is 1.12. The molecular weight excluding hydrogens is 166 g/mol. The van der Waals surface area contributed by atoms with Gasteiger partial charge in [0.05, 0.1) is 0 Å². The van der Waals surface area contributed by atoms with Gasteiger partial charge in [0.15, 0.2) is 0 Å². The van der Waals surface area contributed by atoms with Gasteiger partial charge in [0.25, 0.3) is 0 Å². The van der Waals surface area contributed by atoms with Gasteiger partial charge in [-0.2, -0.15) is 12.6 Å². The molecular formula is C10H15NS. The molecule has 0 aliphatic rings. The van der Waals surface area contributed by atoms with Crippen molar-refractivity contribution in [2.45, 2.75) is 6.42 Å². The summed E-state index contributed by atoms with van der Waals surface area (Å²) in [5.74, 6) is 0.956. The molecule has 0 aliphatic carbocycles. The monoisotopic (exact) mass is 181 g/mol. The maximum Gasteiger partial charge on any atom is 0.0363 e. The van der Waals surface area contributed by atoms with Crippen LogP contribution in [0, 0.1) is 0 Å². The van der Waals surface area contributed by atoms with Crippen LogP contribution < -0.4 is 4.90 Å². The molecule has 0 radical (unpaired) electrons. The van der Waals surface area contributed by atoms with E-state index >= 15 is 0 Å². The zero-order valence-corrected chi connectivity index (χ0v) is 8.30. The molecule has 0 aromatic heterocycles. The van der Waals surface area contributed by atoms with Crippen molar-refractivity contribution >= 4 is 18.3 Å². The molecule has 0 bridgehead atoms. The first-order chi connectivity index (χ1) is 5.84. The minimum atomic E-state index is 0.956. The Morgan fingerprint density at radius 3 is 2.50 bits per heavy atom. The molecule has 66 valence electrons. The van der Waals surface area contributed by atoms with Crippen LogP contribution in [-0.2, 0) is 0 Å². The van der Waals surface area contributed by atoms with Crippen molar-refractivity contribution in [2.24, 2.45) is 0 Å². The van der Waals surface area contributed by atoms with Crippen LogP contribution in [0.4, 0.5) is 5.69 Å². The second-order valence-electron chi connectivity index (χ2n) is 2.83. The Hall–Kier alpha value is -0.630. The Labute approximate surface area is 79.8 Å². The first kappa shape index (κ1) is 9.46. The lowest BCUT2D eigenvalue weighted by Gasteiger charge is -2.18. The van der Waals surface area contributed by atoms with Crippen LogP contribution in [0.3, 0.4) is 0 Å². The van der Waals surface area contributed by atoms with Gasteiger partial charge >= 0.3 is 0 Å². The van der Waals surface area contributed by atoms with E-state index in [9.17, 15) is 0 Å². The van der Waals surface area contributed by atoms with E-state index in [0.29, 0.717) is 0 Å². The molecule has 0 spiro atoms. The van der Waals surface area contributed by atoms with Crippen LogP contribution in [0.2, 0.25) is 0 Å². The van der Waals surface area contributed by atoms with E-state index < -0.39 is 0 Å². The second kappa shape index (κ2) is 5.09. The molecule has 0 amide bonds. The number of hydrogen-bond donors (Lipinski definition) is 1. The van der Waals surface area contributed by atoms with Gasteiger partial charge in [-0.25, -0.2) is 0 Å². The van der Waals surface area contributed by atoms with Crippen LogP contribution in [0.15, 0.2) is 30.3 Å². The molecule has 0 N–H and O–H groups in total. The number of anilines is 1. The Morgan fingerprint density at radius 2 is 1.92 bits per heavy atom. The quantitative estimate of drug-likeness (QED) is 0.698. The third-order valence-electron chi connectivity index (χ3n) is 1.85. The third-order valence-corrected chi connectivity index (χ3v) is 2.16. The molecule has 0 aliphatic heterocycles. The van der Waals surface area contributed by atoms with E-state index in [1.54, 1.807) is 0 Å². The average Bonchev–Trinajstić information content (AvgIpc) is 2.15. The summed E-state index contributed by atoms with van der Waals surface area (Å²) in [6, 6.07) is 10.4. The molecule has 0 saturated carbocycles. The van der Waals surface area contributed by atoms with Crippen molar-refractivity contribution in [2.75, 3.05) is 24.2 Å². The lowest BCUT2D eigenvalue weighted by Crippen LogP contribution is -2.18. The van der Waals surface area contributed by atoms with E-state index in [-0.39, 0.29) is 0 Å². The topological polar surface area (TPSA) is 3.24 Å². The molecule has 0 atom stereocenters. The summed E-state index contributed by atoms with van der Waals surface area (Å²) in [5.41, 5.74) is 1.28. The van der Waals surface area contributed by atoms with Gasteiger partial charge < -0.3 is 4.90 Å². The van der Waals surface area contributed by atoms with Gasteiger partial charge in [0.1, 0.15) is 0 Å². The molecule has 1 aromatic rings. The number of benzene rings is 1. The number of rotatable bonds is 4. The molecule has 1 aromatic carbocycles. The van der Waals surface area contributed by atoms with Crippen molar-refractivity contribution in [3.63, 3.8) is 0 Å². The van der Waals surface area contributed by atoms with Gasteiger partial charge in [-0.1, -0.05) is 18.2 Å². The van der Waals surface area contributed by atoms with E-state index in [4.69, 9.17) is 0 Å². The fraction of sp³-hybridized carbons (Fsp3) is 0.400. The lowest BCUT2D eigenvalue weighted by molar-refractivity contribution is 0.861. The molecule has 0 fully saturated rings. The first-order valence-electron chi connectivity index (χ1n) is 4.21. The summed E-state index contributed by atoms with van der Waals surface area (Å²) < 4.78 is 0. The predicted octanol–water partition coefficient (Wildman–Crippen LogP) is 2.44. The normalized spacial score (nSPS) is 9.83. The van der Waals surface area contributed by atoms with Crippen LogP contribution in [0.25, 0.3) is 0 Å². The second-order valence-corrected chi connectivity index (χ2v) is 3.28. The van der Waals surface area contributed by atoms with Gasteiger partial charge in [-0.15, -0.1) is 0 Å². The van der Waals surface area contributed by atoms with E-state index in [1.165, 1.54) is 5.69 Å².